The molecule has 1 aliphatic heterocycles. The molecule has 118 valence electrons. The maximum atomic E-state index is 13.1. The summed E-state index contributed by atoms with van der Waals surface area (Å²) in [7, 11) is 0. The van der Waals surface area contributed by atoms with Crippen LogP contribution in [0.5, 0.6) is 0 Å². The molecular formula is C16H18F3N3. The van der Waals surface area contributed by atoms with Crippen molar-refractivity contribution in [3.05, 3.63) is 36.0 Å². The SMILES string of the molecule is NCC1CCN(c2ccc(C(F)(F)F)c3ncccc23)CC1. The van der Waals surface area contributed by atoms with Gasteiger partial charge in [0, 0.05) is 30.4 Å². The second-order valence-corrected chi connectivity index (χ2v) is 5.70. The second kappa shape index (κ2) is 5.76. The van der Waals surface area contributed by atoms with Crippen LogP contribution >= 0.6 is 0 Å². The number of nitrogens with two attached hydrogens (primary N) is 1. The van der Waals surface area contributed by atoms with Crippen molar-refractivity contribution in [3.63, 3.8) is 0 Å². The average Bonchev–Trinajstić information content (AvgIpc) is 2.53. The number of nitrogens with zero attached hydrogens (tertiary/aromatic N) is 2. The summed E-state index contributed by atoms with van der Waals surface area (Å²) >= 11 is 0. The minimum Gasteiger partial charge on any atom is -0.371 e. The molecule has 0 bridgehead atoms. The molecule has 0 amide bonds. The Morgan fingerprint density at radius 2 is 1.91 bits per heavy atom. The number of hydrogen-bond acceptors (Lipinski definition) is 3. The fourth-order valence-electron chi connectivity index (χ4n) is 3.07. The standard InChI is InChI=1S/C16H18F3N3/c17-16(18,19)13-3-4-14(12-2-1-7-21-15(12)13)22-8-5-11(10-20)6-9-22/h1-4,7,11H,5-6,8-10,20H2. The van der Waals surface area contributed by atoms with E-state index in [1.54, 1.807) is 18.2 Å². The number of piperidine rings is 1. The summed E-state index contributed by atoms with van der Waals surface area (Å²) in [6.07, 6.45) is -1.04. The highest BCUT2D eigenvalue weighted by Crippen LogP contribution is 2.38. The molecular weight excluding hydrogens is 291 g/mol. The van der Waals surface area contributed by atoms with Gasteiger partial charge >= 0.3 is 6.18 Å². The van der Waals surface area contributed by atoms with E-state index >= 15 is 0 Å². The molecule has 1 aromatic heterocycles. The van der Waals surface area contributed by atoms with Crippen LogP contribution in [-0.2, 0) is 6.18 Å². The van der Waals surface area contributed by atoms with Crippen LogP contribution in [0.1, 0.15) is 18.4 Å². The number of fused-ring (bicyclic) bond motifs is 1. The number of alkyl halides is 3. The van der Waals surface area contributed by atoms with E-state index in [0.29, 0.717) is 17.8 Å². The van der Waals surface area contributed by atoms with E-state index in [0.717, 1.165) is 37.7 Å². The van der Waals surface area contributed by atoms with Crippen molar-refractivity contribution in [2.24, 2.45) is 11.7 Å². The van der Waals surface area contributed by atoms with E-state index in [9.17, 15) is 13.2 Å². The zero-order valence-corrected chi connectivity index (χ0v) is 12.1. The van der Waals surface area contributed by atoms with Gasteiger partial charge in [0.15, 0.2) is 0 Å². The van der Waals surface area contributed by atoms with Gasteiger partial charge in [-0.25, -0.2) is 0 Å². The van der Waals surface area contributed by atoms with Gasteiger partial charge in [-0.15, -0.1) is 0 Å². The molecule has 0 atom stereocenters. The average molecular weight is 309 g/mol. The Morgan fingerprint density at radius 3 is 2.55 bits per heavy atom. The van der Waals surface area contributed by atoms with Crippen molar-refractivity contribution in [3.8, 4) is 0 Å². The van der Waals surface area contributed by atoms with E-state index < -0.39 is 11.7 Å². The van der Waals surface area contributed by atoms with Crippen molar-refractivity contribution < 1.29 is 13.2 Å². The molecule has 0 aliphatic carbocycles. The molecule has 2 aromatic rings. The first-order valence-corrected chi connectivity index (χ1v) is 7.40. The number of halogens is 3. The normalized spacial score (nSPS) is 17.2. The second-order valence-electron chi connectivity index (χ2n) is 5.70. The van der Waals surface area contributed by atoms with Crippen LogP contribution in [0.4, 0.5) is 18.9 Å². The number of rotatable bonds is 2. The van der Waals surface area contributed by atoms with E-state index in [1.165, 1.54) is 6.20 Å². The third-order valence-corrected chi connectivity index (χ3v) is 4.34. The van der Waals surface area contributed by atoms with Crippen LogP contribution in [0.25, 0.3) is 10.9 Å². The third kappa shape index (κ3) is 2.75. The summed E-state index contributed by atoms with van der Waals surface area (Å²) in [6.45, 7) is 2.30. The molecule has 6 heteroatoms. The molecule has 1 saturated heterocycles. The topological polar surface area (TPSA) is 42.1 Å². The van der Waals surface area contributed by atoms with Crippen molar-refractivity contribution >= 4 is 16.6 Å². The fraction of sp³-hybridized carbons (Fsp3) is 0.438. The predicted octanol–water partition coefficient (Wildman–Crippen LogP) is 3.43. The molecule has 2 N–H and O–H groups in total. The largest absolute Gasteiger partial charge is 0.418 e. The minimum atomic E-state index is -4.39. The van der Waals surface area contributed by atoms with Crippen LogP contribution in [0, 0.1) is 5.92 Å². The summed E-state index contributed by atoms with van der Waals surface area (Å²) in [5.41, 5.74) is 5.86. The number of aromatic nitrogens is 1. The van der Waals surface area contributed by atoms with Gasteiger partial charge in [-0.05, 0) is 49.6 Å². The highest BCUT2D eigenvalue weighted by atomic mass is 19.4. The molecule has 0 unspecified atom stereocenters. The zero-order chi connectivity index (χ0) is 15.7. The number of hydrogen-bond donors (Lipinski definition) is 1. The first kappa shape index (κ1) is 15.1. The summed E-state index contributed by atoms with van der Waals surface area (Å²) in [5.74, 6) is 0.509. The van der Waals surface area contributed by atoms with Gasteiger partial charge in [0.05, 0.1) is 11.1 Å². The fourth-order valence-corrected chi connectivity index (χ4v) is 3.07. The number of anilines is 1. The van der Waals surface area contributed by atoms with Crippen molar-refractivity contribution in [2.75, 3.05) is 24.5 Å². The Balaban J connectivity index is 2.02. The molecule has 0 saturated carbocycles. The van der Waals surface area contributed by atoms with Crippen LogP contribution in [0.2, 0.25) is 0 Å². The Kier molecular flexibility index (Phi) is 3.95. The summed E-state index contributed by atoms with van der Waals surface area (Å²) in [6, 6.07) is 6.09. The van der Waals surface area contributed by atoms with Gasteiger partial charge in [-0.2, -0.15) is 13.2 Å². The van der Waals surface area contributed by atoms with Gasteiger partial charge in [0.2, 0.25) is 0 Å². The Morgan fingerprint density at radius 1 is 1.18 bits per heavy atom. The summed E-state index contributed by atoms with van der Waals surface area (Å²) < 4.78 is 39.4. The van der Waals surface area contributed by atoms with Crippen molar-refractivity contribution in [2.45, 2.75) is 19.0 Å². The lowest BCUT2D eigenvalue weighted by atomic mass is 9.96. The predicted molar refractivity (Wildman–Crippen MR) is 80.7 cm³/mol. The first-order chi connectivity index (χ1) is 10.5. The van der Waals surface area contributed by atoms with Crippen LogP contribution < -0.4 is 10.6 Å². The maximum Gasteiger partial charge on any atom is 0.418 e. The molecule has 3 nitrogen and oxygen atoms in total. The zero-order valence-electron chi connectivity index (χ0n) is 12.1. The smallest absolute Gasteiger partial charge is 0.371 e. The van der Waals surface area contributed by atoms with Crippen molar-refractivity contribution in [1.82, 2.24) is 4.98 Å². The highest BCUT2D eigenvalue weighted by molar-refractivity contribution is 5.94. The Hall–Kier alpha value is -1.82. The molecule has 1 fully saturated rings. The molecule has 0 radical (unpaired) electrons. The molecule has 1 aromatic carbocycles. The molecule has 22 heavy (non-hydrogen) atoms. The molecule has 1 aliphatic rings. The summed E-state index contributed by atoms with van der Waals surface area (Å²) in [5, 5.41) is 0.559. The molecule has 2 heterocycles. The molecule has 3 rings (SSSR count). The van der Waals surface area contributed by atoms with Gasteiger partial charge in [-0.1, -0.05) is 0 Å². The van der Waals surface area contributed by atoms with Gasteiger partial charge in [0.1, 0.15) is 0 Å². The maximum absolute atomic E-state index is 13.1. The summed E-state index contributed by atoms with van der Waals surface area (Å²) in [4.78, 5) is 6.10. The van der Waals surface area contributed by atoms with Crippen LogP contribution in [-0.4, -0.2) is 24.6 Å². The quantitative estimate of drug-likeness (QED) is 0.924. The van der Waals surface area contributed by atoms with Gasteiger partial charge < -0.3 is 10.6 Å². The lowest BCUT2D eigenvalue weighted by Gasteiger charge is -2.34. The highest BCUT2D eigenvalue weighted by Gasteiger charge is 2.34. The lowest BCUT2D eigenvalue weighted by Crippen LogP contribution is -2.36. The van der Waals surface area contributed by atoms with Crippen LogP contribution in [0.3, 0.4) is 0 Å². The van der Waals surface area contributed by atoms with Crippen molar-refractivity contribution in [1.29, 1.82) is 0 Å². The molecule has 0 spiro atoms. The van der Waals surface area contributed by atoms with E-state index in [1.807, 2.05) is 0 Å². The van der Waals surface area contributed by atoms with E-state index in [4.69, 9.17) is 5.73 Å². The minimum absolute atomic E-state index is 0.0217. The Bertz CT molecular complexity index is 661. The number of pyridine rings is 1. The van der Waals surface area contributed by atoms with Gasteiger partial charge in [-0.3, -0.25) is 4.98 Å². The van der Waals surface area contributed by atoms with E-state index in [2.05, 4.69) is 9.88 Å². The monoisotopic (exact) mass is 309 g/mol. The van der Waals surface area contributed by atoms with Crippen LogP contribution in [0.15, 0.2) is 30.5 Å². The van der Waals surface area contributed by atoms with E-state index in [-0.39, 0.29) is 5.52 Å². The lowest BCUT2D eigenvalue weighted by molar-refractivity contribution is -0.136. The number of benzene rings is 1. The van der Waals surface area contributed by atoms with Gasteiger partial charge in [0.25, 0.3) is 0 Å². The Labute approximate surface area is 126 Å². The third-order valence-electron chi connectivity index (χ3n) is 4.34. The first-order valence-electron chi connectivity index (χ1n) is 7.40.